The van der Waals surface area contributed by atoms with Crippen LogP contribution in [0.3, 0.4) is 0 Å². The summed E-state index contributed by atoms with van der Waals surface area (Å²) < 4.78 is 4.31. The van der Waals surface area contributed by atoms with Crippen molar-refractivity contribution in [2.24, 2.45) is 0 Å². The van der Waals surface area contributed by atoms with Gasteiger partial charge >= 0.3 is 0 Å². The Balaban J connectivity index is 0.000000183. The smallest absolute Gasteiger partial charge is 0.0766 e. The number of benzene rings is 1. The zero-order chi connectivity index (χ0) is 7.40. The van der Waals surface area contributed by atoms with E-state index in [1.165, 1.54) is 16.7 Å². The van der Waals surface area contributed by atoms with Gasteiger partial charge in [0.25, 0.3) is 0 Å². The summed E-state index contributed by atoms with van der Waals surface area (Å²) >= 11 is 0. The summed E-state index contributed by atoms with van der Waals surface area (Å²) in [6.07, 6.45) is 1.38. The van der Waals surface area contributed by atoms with Crippen LogP contribution >= 0.6 is 0 Å². The quantitative estimate of drug-likeness (QED) is 0.557. The van der Waals surface area contributed by atoms with Crippen LogP contribution in [0.2, 0.25) is 0 Å². The van der Waals surface area contributed by atoms with Crippen LogP contribution in [0.4, 0.5) is 0 Å². The van der Waals surface area contributed by atoms with Crippen LogP contribution in [-0.4, -0.2) is 7.11 Å². The van der Waals surface area contributed by atoms with Crippen molar-refractivity contribution in [3.05, 3.63) is 47.5 Å². The second-order valence-corrected chi connectivity index (χ2v) is 1.98. The fraction of sp³-hybridized carbons (Fsp3) is 0.111. The van der Waals surface area contributed by atoms with E-state index in [-0.39, 0.29) is 17.0 Å². The molecule has 0 spiro atoms. The van der Waals surface area contributed by atoms with Crippen molar-refractivity contribution >= 4 is 0 Å². The molecule has 11 heavy (non-hydrogen) atoms. The molecule has 0 aromatic rings. The molecule has 0 saturated carbocycles. The minimum Gasteiger partial charge on any atom is -1.00 e. The number of methoxy groups -OCH3 is 1. The van der Waals surface area contributed by atoms with Gasteiger partial charge in [0.1, 0.15) is 0 Å². The van der Waals surface area contributed by atoms with Gasteiger partial charge < -0.3 is 21.7 Å². The van der Waals surface area contributed by atoms with Gasteiger partial charge in [-0.2, -0.15) is 0 Å². The molecule has 2 aliphatic carbocycles. The van der Waals surface area contributed by atoms with E-state index in [0.29, 0.717) is 0 Å². The number of rotatable bonds is 1. The standard InChI is InChI=1S/C6H4.C3H6O.BrH/c1-2-6-4-3-5(1)6;1-3-4-2;/h1-4H;3H,1H2,2H3;1H/p-1. The molecule has 0 N–H and O–H groups in total. The lowest BCUT2D eigenvalue weighted by Gasteiger charge is -1.95. The van der Waals surface area contributed by atoms with E-state index in [1.807, 2.05) is 0 Å². The molecule has 0 aromatic heterocycles. The fourth-order valence-electron chi connectivity index (χ4n) is 0.663. The van der Waals surface area contributed by atoms with Gasteiger partial charge in [0.05, 0.1) is 13.4 Å². The Kier molecular flexibility index (Phi) is 4.62. The average molecular weight is 214 g/mol. The van der Waals surface area contributed by atoms with Crippen LogP contribution in [0, 0.1) is 10.4 Å². The average Bonchev–Trinajstić information content (AvgIpc) is 1.97. The van der Waals surface area contributed by atoms with E-state index >= 15 is 0 Å². The molecule has 0 atom stereocenters. The highest BCUT2D eigenvalue weighted by atomic mass is 79.9. The first-order chi connectivity index (χ1) is 4.88. The molecular formula is C9H10BrO-. The van der Waals surface area contributed by atoms with Crippen LogP contribution in [0.15, 0.2) is 37.1 Å². The summed E-state index contributed by atoms with van der Waals surface area (Å²) in [6, 6.07) is 8.48. The van der Waals surface area contributed by atoms with Crippen LogP contribution < -0.4 is 17.0 Å². The van der Waals surface area contributed by atoms with Crippen molar-refractivity contribution in [3.63, 3.8) is 0 Å². The highest BCUT2D eigenvalue weighted by molar-refractivity contribution is 5.22. The minimum absolute atomic E-state index is 0. The van der Waals surface area contributed by atoms with Gasteiger partial charge in [-0.3, -0.25) is 0 Å². The zero-order valence-corrected chi connectivity index (χ0v) is 7.97. The third-order valence-corrected chi connectivity index (χ3v) is 1.38. The van der Waals surface area contributed by atoms with E-state index in [2.05, 4.69) is 35.6 Å². The molecule has 0 radical (unpaired) electrons. The normalized spacial score (nSPS) is 8.09. The van der Waals surface area contributed by atoms with Crippen LogP contribution in [-0.2, 0) is 4.74 Å². The molecule has 0 saturated heterocycles. The largest absolute Gasteiger partial charge is 1.00 e. The van der Waals surface area contributed by atoms with Crippen LogP contribution in [0.5, 0.6) is 0 Å². The molecule has 2 rings (SSSR count). The Labute approximate surface area is 76.8 Å². The van der Waals surface area contributed by atoms with Gasteiger partial charge in [0, 0.05) is 0 Å². The minimum atomic E-state index is 0. The second-order valence-electron chi connectivity index (χ2n) is 1.98. The van der Waals surface area contributed by atoms with E-state index < -0.39 is 0 Å². The molecule has 0 unspecified atom stereocenters. The summed E-state index contributed by atoms with van der Waals surface area (Å²) in [6.45, 7) is 3.26. The Bertz CT molecular complexity index is 255. The lowest BCUT2D eigenvalue weighted by Crippen LogP contribution is -3.00. The molecule has 0 aromatic carbocycles. The first-order valence-electron chi connectivity index (χ1n) is 3.12. The summed E-state index contributed by atoms with van der Waals surface area (Å²) in [7, 11) is 1.56. The second kappa shape index (κ2) is 4.97. The van der Waals surface area contributed by atoms with Gasteiger partial charge in [-0.15, -0.1) is 0 Å². The van der Waals surface area contributed by atoms with E-state index in [0.717, 1.165) is 0 Å². The SMILES string of the molecule is C=COC.[Br-].c1cc2ccc1=2. The molecular weight excluding hydrogens is 204 g/mol. The number of halogens is 1. The summed E-state index contributed by atoms with van der Waals surface area (Å²) in [4.78, 5) is 0. The molecule has 0 amide bonds. The third-order valence-electron chi connectivity index (χ3n) is 1.38. The van der Waals surface area contributed by atoms with Crippen molar-refractivity contribution in [1.29, 1.82) is 0 Å². The highest BCUT2D eigenvalue weighted by Crippen LogP contribution is 2.04. The Hall–Kier alpha value is -0.760. The van der Waals surface area contributed by atoms with Crippen LogP contribution in [0.1, 0.15) is 0 Å². The maximum Gasteiger partial charge on any atom is 0.0766 e. The van der Waals surface area contributed by atoms with E-state index in [1.54, 1.807) is 7.11 Å². The fourth-order valence-corrected chi connectivity index (χ4v) is 0.663. The Morgan fingerprint density at radius 3 is 1.45 bits per heavy atom. The van der Waals surface area contributed by atoms with Crippen molar-refractivity contribution in [1.82, 2.24) is 0 Å². The molecule has 0 heterocycles. The maximum atomic E-state index is 4.31. The molecule has 0 fully saturated rings. The molecule has 0 aliphatic heterocycles. The summed E-state index contributed by atoms with van der Waals surface area (Å²) in [5, 5.41) is 2.85. The summed E-state index contributed by atoms with van der Waals surface area (Å²) in [5.74, 6) is 0. The van der Waals surface area contributed by atoms with Gasteiger partial charge in [-0.1, -0.05) is 30.8 Å². The number of hydrogen-bond donors (Lipinski definition) is 0. The number of hydrogen-bond acceptors (Lipinski definition) is 1. The lowest BCUT2D eigenvalue weighted by atomic mass is 10.1. The monoisotopic (exact) mass is 213 g/mol. The van der Waals surface area contributed by atoms with Crippen LogP contribution in [0.25, 0.3) is 0 Å². The van der Waals surface area contributed by atoms with E-state index in [4.69, 9.17) is 0 Å². The first kappa shape index (κ1) is 10.2. The predicted octanol–water partition coefficient (Wildman–Crippen LogP) is -0.933. The lowest BCUT2D eigenvalue weighted by molar-refractivity contribution is -0.00000237. The van der Waals surface area contributed by atoms with Crippen molar-refractivity contribution in [3.8, 4) is 0 Å². The van der Waals surface area contributed by atoms with Gasteiger partial charge in [-0.05, 0) is 10.4 Å². The van der Waals surface area contributed by atoms with Gasteiger partial charge in [0.2, 0.25) is 0 Å². The zero-order valence-electron chi connectivity index (χ0n) is 6.38. The number of ether oxygens (including phenoxy) is 1. The van der Waals surface area contributed by atoms with Gasteiger partial charge in [-0.25, -0.2) is 0 Å². The molecule has 60 valence electrons. The Morgan fingerprint density at radius 2 is 1.45 bits per heavy atom. The van der Waals surface area contributed by atoms with Gasteiger partial charge in [0.15, 0.2) is 0 Å². The predicted molar refractivity (Wildman–Crippen MR) is 41.3 cm³/mol. The molecule has 1 nitrogen and oxygen atoms in total. The molecule has 2 heteroatoms. The van der Waals surface area contributed by atoms with Crippen molar-refractivity contribution < 1.29 is 21.7 Å². The topological polar surface area (TPSA) is 9.23 Å². The van der Waals surface area contributed by atoms with E-state index in [9.17, 15) is 0 Å². The van der Waals surface area contributed by atoms with Crippen molar-refractivity contribution in [2.75, 3.05) is 7.11 Å². The summed E-state index contributed by atoms with van der Waals surface area (Å²) in [5.41, 5.74) is 0. The first-order valence-corrected chi connectivity index (χ1v) is 3.12. The maximum absolute atomic E-state index is 4.31. The highest BCUT2D eigenvalue weighted by Gasteiger charge is 1.88. The molecule has 2 aliphatic rings. The van der Waals surface area contributed by atoms with Crippen molar-refractivity contribution in [2.45, 2.75) is 0 Å². The Morgan fingerprint density at radius 1 is 1.18 bits per heavy atom. The third kappa shape index (κ3) is 2.39. The molecule has 0 bridgehead atoms.